The standard InChI is InChI=1S/C19H24N6O/c1-4-24(5-2)18-16-11-22-25(19(16)21-13-20-18)12-17(26)23-14(3)15-9-7-6-8-10-15/h6-11,13-14H,4-5,12H2,1-3H3,(H,23,26)/t14-/m1/s1. The van der Waals surface area contributed by atoms with Crippen LogP contribution in [0.25, 0.3) is 11.0 Å². The van der Waals surface area contributed by atoms with E-state index in [1.807, 2.05) is 37.3 Å². The van der Waals surface area contributed by atoms with E-state index in [1.54, 1.807) is 10.9 Å². The Morgan fingerprint density at radius 2 is 1.92 bits per heavy atom. The number of nitrogens with zero attached hydrogens (tertiary/aromatic N) is 5. The van der Waals surface area contributed by atoms with Gasteiger partial charge < -0.3 is 10.2 Å². The minimum Gasteiger partial charge on any atom is -0.356 e. The molecule has 1 atom stereocenters. The van der Waals surface area contributed by atoms with Gasteiger partial charge in [-0.15, -0.1) is 0 Å². The molecule has 0 aliphatic carbocycles. The monoisotopic (exact) mass is 352 g/mol. The molecule has 3 rings (SSSR count). The zero-order valence-corrected chi connectivity index (χ0v) is 15.4. The van der Waals surface area contributed by atoms with E-state index in [0.29, 0.717) is 5.65 Å². The number of carbonyl (C=O) groups is 1. The van der Waals surface area contributed by atoms with Gasteiger partial charge in [-0.1, -0.05) is 30.3 Å². The number of carbonyl (C=O) groups excluding carboxylic acids is 1. The lowest BCUT2D eigenvalue weighted by Crippen LogP contribution is -2.30. The normalized spacial score (nSPS) is 12.1. The Balaban J connectivity index is 1.77. The van der Waals surface area contributed by atoms with Crippen LogP contribution in [0.15, 0.2) is 42.9 Å². The summed E-state index contributed by atoms with van der Waals surface area (Å²) in [5.41, 5.74) is 1.74. The maximum absolute atomic E-state index is 12.4. The Bertz CT molecular complexity index is 872. The molecule has 0 spiro atoms. The van der Waals surface area contributed by atoms with Crippen LogP contribution in [0.3, 0.4) is 0 Å². The van der Waals surface area contributed by atoms with Gasteiger partial charge in [-0.3, -0.25) is 4.79 Å². The molecule has 3 aromatic rings. The average molecular weight is 352 g/mol. The van der Waals surface area contributed by atoms with Crippen molar-refractivity contribution in [3.05, 3.63) is 48.4 Å². The Morgan fingerprint density at radius 1 is 1.19 bits per heavy atom. The largest absolute Gasteiger partial charge is 0.356 e. The number of aromatic nitrogens is 4. The molecule has 0 radical (unpaired) electrons. The van der Waals surface area contributed by atoms with E-state index in [2.05, 4.69) is 39.1 Å². The van der Waals surface area contributed by atoms with E-state index in [9.17, 15) is 4.79 Å². The van der Waals surface area contributed by atoms with E-state index in [1.165, 1.54) is 6.33 Å². The van der Waals surface area contributed by atoms with Crippen LogP contribution < -0.4 is 10.2 Å². The Kier molecular flexibility index (Phi) is 5.46. The summed E-state index contributed by atoms with van der Waals surface area (Å²) in [5.74, 6) is 0.749. The topological polar surface area (TPSA) is 75.9 Å². The molecule has 7 heteroatoms. The van der Waals surface area contributed by atoms with Crippen molar-refractivity contribution in [1.29, 1.82) is 0 Å². The number of nitrogens with one attached hydrogen (secondary N) is 1. The van der Waals surface area contributed by atoms with Crippen LogP contribution in [0.5, 0.6) is 0 Å². The lowest BCUT2D eigenvalue weighted by Gasteiger charge is -2.19. The molecule has 0 fully saturated rings. The molecule has 2 aromatic heterocycles. The number of benzene rings is 1. The van der Waals surface area contributed by atoms with Crippen LogP contribution in [0.2, 0.25) is 0 Å². The van der Waals surface area contributed by atoms with Gasteiger partial charge in [0.05, 0.1) is 17.6 Å². The van der Waals surface area contributed by atoms with Crippen molar-refractivity contribution >= 4 is 22.8 Å². The quantitative estimate of drug-likeness (QED) is 0.707. The van der Waals surface area contributed by atoms with Crippen LogP contribution >= 0.6 is 0 Å². The minimum absolute atomic E-state index is 0.0635. The number of anilines is 1. The van der Waals surface area contributed by atoms with Crippen LogP contribution in [0, 0.1) is 0 Å². The van der Waals surface area contributed by atoms with Crippen molar-refractivity contribution in [3.8, 4) is 0 Å². The second-order valence-electron chi connectivity index (χ2n) is 6.11. The third kappa shape index (κ3) is 3.66. The fourth-order valence-electron chi connectivity index (χ4n) is 3.02. The third-order valence-corrected chi connectivity index (χ3v) is 4.45. The van der Waals surface area contributed by atoms with Gasteiger partial charge in [0.15, 0.2) is 5.65 Å². The number of fused-ring (bicyclic) bond motifs is 1. The Labute approximate surface area is 153 Å². The van der Waals surface area contributed by atoms with Gasteiger partial charge in [-0.2, -0.15) is 5.10 Å². The Morgan fingerprint density at radius 3 is 2.62 bits per heavy atom. The maximum Gasteiger partial charge on any atom is 0.242 e. The second kappa shape index (κ2) is 7.95. The van der Waals surface area contributed by atoms with E-state index in [0.717, 1.165) is 29.9 Å². The predicted molar refractivity (Wildman–Crippen MR) is 102 cm³/mol. The average Bonchev–Trinajstić information content (AvgIpc) is 3.07. The first-order chi connectivity index (χ1) is 12.6. The summed E-state index contributed by atoms with van der Waals surface area (Å²) in [4.78, 5) is 23.3. The third-order valence-electron chi connectivity index (χ3n) is 4.45. The SMILES string of the molecule is CCN(CC)c1ncnc2c1cnn2CC(=O)N[C@H](C)c1ccccc1. The van der Waals surface area contributed by atoms with Crippen molar-refractivity contribution in [2.45, 2.75) is 33.4 Å². The lowest BCUT2D eigenvalue weighted by atomic mass is 10.1. The van der Waals surface area contributed by atoms with E-state index >= 15 is 0 Å². The molecule has 1 amide bonds. The molecule has 0 aliphatic rings. The maximum atomic E-state index is 12.4. The summed E-state index contributed by atoms with van der Waals surface area (Å²) in [7, 11) is 0. The summed E-state index contributed by atoms with van der Waals surface area (Å²) < 4.78 is 1.62. The highest BCUT2D eigenvalue weighted by Gasteiger charge is 2.16. The number of rotatable bonds is 7. The second-order valence-corrected chi connectivity index (χ2v) is 6.11. The highest BCUT2D eigenvalue weighted by Crippen LogP contribution is 2.22. The summed E-state index contributed by atoms with van der Waals surface area (Å²) in [5, 5.41) is 8.22. The van der Waals surface area contributed by atoms with Gasteiger partial charge in [0.2, 0.25) is 5.91 Å². The summed E-state index contributed by atoms with van der Waals surface area (Å²) in [6.07, 6.45) is 3.26. The summed E-state index contributed by atoms with van der Waals surface area (Å²) in [6, 6.07) is 9.82. The summed E-state index contributed by atoms with van der Waals surface area (Å²) in [6.45, 7) is 7.96. The first kappa shape index (κ1) is 17.8. The van der Waals surface area contributed by atoms with Crippen LogP contribution in [0.1, 0.15) is 32.4 Å². The molecule has 26 heavy (non-hydrogen) atoms. The first-order valence-electron chi connectivity index (χ1n) is 8.89. The van der Waals surface area contributed by atoms with E-state index in [-0.39, 0.29) is 18.5 Å². The van der Waals surface area contributed by atoms with Crippen molar-refractivity contribution in [2.24, 2.45) is 0 Å². The van der Waals surface area contributed by atoms with Crippen LogP contribution in [-0.2, 0) is 11.3 Å². The molecule has 2 heterocycles. The smallest absolute Gasteiger partial charge is 0.242 e. The van der Waals surface area contributed by atoms with Crippen molar-refractivity contribution in [3.63, 3.8) is 0 Å². The molecule has 136 valence electrons. The molecule has 1 N–H and O–H groups in total. The molecule has 1 aromatic carbocycles. The van der Waals surface area contributed by atoms with Gasteiger partial charge in [0.1, 0.15) is 18.7 Å². The predicted octanol–water partition coefficient (Wildman–Crippen LogP) is 2.55. The number of hydrogen-bond donors (Lipinski definition) is 1. The highest BCUT2D eigenvalue weighted by atomic mass is 16.2. The van der Waals surface area contributed by atoms with Gasteiger partial charge in [0, 0.05) is 13.1 Å². The fourth-order valence-corrected chi connectivity index (χ4v) is 3.02. The van der Waals surface area contributed by atoms with Crippen LogP contribution in [0.4, 0.5) is 5.82 Å². The van der Waals surface area contributed by atoms with Crippen molar-refractivity contribution in [2.75, 3.05) is 18.0 Å². The van der Waals surface area contributed by atoms with Gasteiger partial charge in [-0.25, -0.2) is 14.6 Å². The molecule has 0 saturated carbocycles. The number of hydrogen-bond acceptors (Lipinski definition) is 5. The molecule has 7 nitrogen and oxygen atoms in total. The molecular formula is C19H24N6O. The van der Waals surface area contributed by atoms with E-state index in [4.69, 9.17) is 0 Å². The molecular weight excluding hydrogens is 328 g/mol. The zero-order chi connectivity index (χ0) is 18.5. The fraction of sp³-hybridized carbons (Fsp3) is 0.368. The zero-order valence-electron chi connectivity index (χ0n) is 15.4. The molecule has 0 bridgehead atoms. The Hall–Kier alpha value is -2.96. The van der Waals surface area contributed by atoms with Crippen molar-refractivity contribution in [1.82, 2.24) is 25.1 Å². The van der Waals surface area contributed by atoms with Gasteiger partial charge in [-0.05, 0) is 26.3 Å². The van der Waals surface area contributed by atoms with Crippen LogP contribution in [-0.4, -0.2) is 38.7 Å². The van der Waals surface area contributed by atoms with Gasteiger partial charge in [0.25, 0.3) is 0 Å². The van der Waals surface area contributed by atoms with Crippen molar-refractivity contribution < 1.29 is 4.79 Å². The summed E-state index contributed by atoms with van der Waals surface area (Å²) >= 11 is 0. The first-order valence-corrected chi connectivity index (χ1v) is 8.89. The molecule has 0 unspecified atom stereocenters. The lowest BCUT2D eigenvalue weighted by molar-refractivity contribution is -0.122. The molecule has 0 aliphatic heterocycles. The molecule has 0 saturated heterocycles. The number of amides is 1. The highest BCUT2D eigenvalue weighted by molar-refractivity contribution is 5.87. The minimum atomic E-state index is -0.102. The van der Waals surface area contributed by atoms with E-state index < -0.39 is 0 Å². The van der Waals surface area contributed by atoms with Gasteiger partial charge >= 0.3 is 0 Å².